The molecule has 64 valence electrons. The predicted octanol–water partition coefficient (Wildman–Crippen LogP) is 2.41. The van der Waals surface area contributed by atoms with E-state index >= 15 is 0 Å². The van der Waals surface area contributed by atoms with E-state index in [4.69, 9.17) is 18.0 Å². The molecule has 0 saturated heterocycles. The van der Waals surface area contributed by atoms with Crippen molar-refractivity contribution in [3.05, 3.63) is 28.2 Å². The molecular weight excluding hydrogens is 236 g/mol. The van der Waals surface area contributed by atoms with Gasteiger partial charge in [-0.25, -0.2) is 0 Å². The summed E-state index contributed by atoms with van der Waals surface area (Å²) in [6.07, 6.45) is 0. The Kier molecular flexibility index (Phi) is 3.05. The molecule has 0 atom stereocenters. The number of nitrogens with two attached hydrogens (primary N) is 1. The number of rotatable bonds is 1. The Labute approximate surface area is 85.3 Å². The van der Waals surface area contributed by atoms with Gasteiger partial charge in [0.2, 0.25) is 0 Å². The van der Waals surface area contributed by atoms with Crippen molar-refractivity contribution in [3.63, 3.8) is 0 Å². The van der Waals surface area contributed by atoms with Crippen molar-refractivity contribution in [3.8, 4) is 0 Å². The largest absolute Gasteiger partial charge is 0.376 e. The van der Waals surface area contributed by atoms with E-state index in [1.54, 1.807) is 0 Å². The molecule has 0 unspecified atom stereocenters. The van der Waals surface area contributed by atoms with Crippen LogP contribution in [-0.2, 0) is 0 Å². The zero-order valence-corrected chi connectivity index (χ0v) is 9.00. The molecule has 12 heavy (non-hydrogen) atoms. The van der Waals surface area contributed by atoms with Crippen molar-refractivity contribution in [2.45, 2.75) is 6.92 Å². The summed E-state index contributed by atoms with van der Waals surface area (Å²) in [4.78, 5) is 0. The lowest BCUT2D eigenvalue weighted by Gasteiger charge is -2.05. The molecule has 1 rings (SSSR count). The molecule has 1 aromatic rings. The molecule has 2 nitrogen and oxygen atoms in total. The third kappa shape index (κ3) is 2.79. The van der Waals surface area contributed by atoms with E-state index in [1.807, 2.05) is 25.1 Å². The fraction of sp³-hybridized carbons (Fsp3) is 0.125. The predicted molar refractivity (Wildman–Crippen MR) is 59.3 cm³/mol. The number of anilines is 1. The summed E-state index contributed by atoms with van der Waals surface area (Å²) in [5.74, 6) is 0. The summed E-state index contributed by atoms with van der Waals surface area (Å²) < 4.78 is 1.02. The van der Waals surface area contributed by atoms with Crippen molar-refractivity contribution in [1.29, 1.82) is 0 Å². The van der Waals surface area contributed by atoms with Crippen LogP contribution in [0.4, 0.5) is 5.69 Å². The first-order valence-corrected chi connectivity index (χ1v) is 4.62. The lowest BCUT2D eigenvalue weighted by molar-refractivity contribution is 1.44. The Bertz CT molecular complexity index is 292. The van der Waals surface area contributed by atoms with E-state index in [-0.39, 0.29) is 5.11 Å². The highest BCUT2D eigenvalue weighted by atomic mass is 79.9. The first-order chi connectivity index (χ1) is 5.58. The maximum atomic E-state index is 5.33. The van der Waals surface area contributed by atoms with E-state index < -0.39 is 0 Å². The van der Waals surface area contributed by atoms with Crippen molar-refractivity contribution < 1.29 is 0 Å². The summed E-state index contributed by atoms with van der Waals surface area (Å²) >= 11 is 8.09. The van der Waals surface area contributed by atoms with Gasteiger partial charge >= 0.3 is 0 Å². The van der Waals surface area contributed by atoms with Crippen LogP contribution >= 0.6 is 28.1 Å². The molecule has 0 spiro atoms. The Balaban J connectivity index is 2.93. The van der Waals surface area contributed by atoms with Crippen LogP contribution < -0.4 is 11.1 Å². The Morgan fingerprint density at radius 1 is 1.50 bits per heavy atom. The molecule has 0 aliphatic carbocycles. The van der Waals surface area contributed by atoms with Crippen LogP contribution in [0, 0.1) is 6.92 Å². The van der Waals surface area contributed by atoms with Crippen LogP contribution in [0.3, 0.4) is 0 Å². The molecule has 0 heterocycles. The number of thiocarbonyl (C=S) groups is 1. The Morgan fingerprint density at radius 3 is 2.67 bits per heavy atom. The maximum absolute atomic E-state index is 5.33. The normalized spacial score (nSPS) is 9.50. The average molecular weight is 245 g/mol. The number of halogens is 1. The number of hydrogen-bond donors (Lipinski definition) is 2. The highest BCUT2D eigenvalue weighted by Crippen LogP contribution is 2.18. The molecule has 4 heteroatoms. The van der Waals surface area contributed by atoms with E-state index in [9.17, 15) is 0 Å². The topological polar surface area (TPSA) is 38.0 Å². The SMILES string of the molecule is Cc1cc(Br)cc(NC(N)=S)c1. The third-order valence-corrected chi connectivity index (χ3v) is 1.87. The number of benzene rings is 1. The maximum Gasteiger partial charge on any atom is 0.168 e. The zero-order chi connectivity index (χ0) is 9.14. The van der Waals surface area contributed by atoms with Gasteiger partial charge in [0.1, 0.15) is 0 Å². The van der Waals surface area contributed by atoms with E-state index in [2.05, 4.69) is 21.2 Å². The number of nitrogens with one attached hydrogen (secondary N) is 1. The average Bonchev–Trinajstić information content (AvgIpc) is 1.81. The fourth-order valence-corrected chi connectivity index (χ4v) is 1.68. The summed E-state index contributed by atoms with van der Waals surface area (Å²) in [6.45, 7) is 2.01. The molecule has 0 amide bonds. The van der Waals surface area contributed by atoms with Gasteiger partial charge in [-0.3, -0.25) is 0 Å². The van der Waals surface area contributed by atoms with Crippen LogP contribution in [0.25, 0.3) is 0 Å². The molecule has 0 aromatic heterocycles. The molecule has 0 aliphatic rings. The first kappa shape index (κ1) is 9.48. The van der Waals surface area contributed by atoms with Crippen LogP contribution in [0.15, 0.2) is 22.7 Å². The molecule has 0 saturated carbocycles. The lowest BCUT2D eigenvalue weighted by atomic mass is 10.2. The third-order valence-electron chi connectivity index (χ3n) is 1.31. The van der Waals surface area contributed by atoms with Gasteiger partial charge in [0, 0.05) is 10.2 Å². The molecule has 0 bridgehead atoms. The van der Waals surface area contributed by atoms with Crippen molar-refractivity contribution >= 4 is 38.9 Å². The van der Waals surface area contributed by atoms with Crippen molar-refractivity contribution in [2.75, 3.05) is 5.32 Å². The first-order valence-electron chi connectivity index (χ1n) is 3.41. The van der Waals surface area contributed by atoms with Gasteiger partial charge in [-0.1, -0.05) is 15.9 Å². The smallest absolute Gasteiger partial charge is 0.168 e. The minimum Gasteiger partial charge on any atom is -0.376 e. The standard InChI is InChI=1S/C8H9BrN2S/c1-5-2-6(9)4-7(3-5)11-8(10)12/h2-4H,1H3,(H3,10,11,12). The van der Waals surface area contributed by atoms with E-state index in [0.29, 0.717) is 0 Å². The summed E-state index contributed by atoms with van der Waals surface area (Å²) in [7, 11) is 0. The van der Waals surface area contributed by atoms with Gasteiger partial charge in [0.25, 0.3) is 0 Å². The molecule has 0 radical (unpaired) electrons. The van der Waals surface area contributed by atoms with Crippen molar-refractivity contribution in [1.82, 2.24) is 0 Å². The Morgan fingerprint density at radius 2 is 2.17 bits per heavy atom. The van der Waals surface area contributed by atoms with Gasteiger partial charge in [0.05, 0.1) is 0 Å². The summed E-state index contributed by atoms with van der Waals surface area (Å²) in [5.41, 5.74) is 7.40. The van der Waals surface area contributed by atoms with Crippen LogP contribution in [0.2, 0.25) is 0 Å². The lowest BCUT2D eigenvalue weighted by Crippen LogP contribution is -2.18. The Hall–Kier alpha value is -0.610. The fourth-order valence-electron chi connectivity index (χ4n) is 0.951. The van der Waals surface area contributed by atoms with Crippen LogP contribution in [0.5, 0.6) is 0 Å². The van der Waals surface area contributed by atoms with Gasteiger partial charge in [-0.15, -0.1) is 0 Å². The van der Waals surface area contributed by atoms with Crippen molar-refractivity contribution in [2.24, 2.45) is 5.73 Å². The van der Waals surface area contributed by atoms with E-state index in [0.717, 1.165) is 15.7 Å². The van der Waals surface area contributed by atoms with Gasteiger partial charge < -0.3 is 11.1 Å². The zero-order valence-electron chi connectivity index (χ0n) is 6.60. The second-order valence-corrected chi connectivity index (χ2v) is 3.86. The minimum atomic E-state index is 0.285. The summed E-state index contributed by atoms with van der Waals surface area (Å²) in [6, 6.07) is 5.92. The van der Waals surface area contributed by atoms with Crippen LogP contribution in [0.1, 0.15) is 5.56 Å². The number of hydrogen-bond acceptors (Lipinski definition) is 1. The molecule has 3 N–H and O–H groups in total. The molecule has 0 aliphatic heterocycles. The minimum absolute atomic E-state index is 0.285. The van der Waals surface area contributed by atoms with Gasteiger partial charge in [-0.2, -0.15) is 0 Å². The second-order valence-electron chi connectivity index (χ2n) is 2.51. The van der Waals surface area contributed by atoms with Gasteiger partial charge in [0.15, 0.2) is 5.11 Å². The molecule has 0 fully saturated rings. The van der Waals surface area contributed by atoms with E-state index in [1.165, 1.54) is 0 Å². The quantitative estimate of drug-likeness (QED) is 0.746. The molecule has 1 aromatic carbocycles. The highest BCUT2D eigenvalue weighted by Gasteiger charge is 1.96. The van der Waals surface area contributed by atoms with Crippen LogP contribution in [-0.4, -0.2) is 5.11 Å². The second kappa shape index (κ2) is 3.87. The highest BCUT2D eigenvalue weighted by molar-refractivity contribution is 9.10. The molecular formula is C8H9BrN2S. The monoisotopic (exact) mass is 244 g/mol. The summed E-state index contributed by atoms with van der Waals surface area (Å²) in [5, 5.41) is 3.15. The number of aryl methyl sites for hydroxylation is 1. The van der Waals surface area contributed by atoms with Gasteiger partial charge in [-0.05, 0) is 42.9 Å².